The number of carbonyl (C=O) groups is 2. The molecular weight excluding hydrogens is 385 g/mol. The lowest BCUT2D eigenvalue weighted by Gasteiger charge is -2.35. The van der Waals surface area contributed by atoms with Crippen LogP contribution in [0.25, 0.3) is 0 Å². The summed E-state index contributed by atoms with van der Waals surface area (Å²) in [5.74, 6) is -1.35. The molecule has 2 aliphatic rings. The van der Waals surface area contributed by atoms with Gasteiger partial charge in [0.15, 0.2) is 0 Å². The van der Waals surface area contributed by atoms with Crippen LogP contribution in [0.1, 0.15) is 10.4 Å². The van der Waals surface area contributed by atoms with Crippen LogP contribution >= 0.6 is 11.9 Å². The Morgan fingerprint density at radius 2 is 1.77 bits per heavy atom. The van der Waals surface area contributed by atoms with Crippen LogP contribution < -0.4 is 15.0 Å². The second-order valence-corrected chi connectivity index (χ2v) is 6.94. The van der Waals surface area contributed by atoms with Gasteiger partial charge in [-0.3, -0.25) is 14.3 Å². The highest BCUT2D eigenvalue weighted by Gasteiger charge is 2.27. The van der Waals surface area contributed by atoms with E-state index in [4.69, 9.17) is 0 Å². The maximum atomic E-state index is 13.9. The predicted molar refractivity (Wildman–Crippen MR) is 94.8 cm³/mol. The van der Waals surface area contributed by atoms with Crippen LogP contribution in [0.5, 0.6) is 0 Å². The first-order valence-electron chi connectivity index (χ1n) is 7.61. The molecule has 0 spiro atoms. The zero-order valence-corrected chi connectivity index (χ0v) is 15.1. The third-order valence-corrected chi connectivity index (χ3v) is 4.93. The van der Waals surface area contributed by atoms with Gasteiger partial charge in [-0.05, 0) is 30.1 Å². The minimum Gasteiger partial charge on any atom is -0.335 e. The van der Waals surface area contributed by atoms with Gasteiger partial charge in [0.25, 0.3) is 11.8 Å². The van der Waals surface area contributed by atoms with Crippen LogP contribution in [-0.2, 0) is 15.7 Å². The summed E-state index contributed by atoms with van der Waals surface area (Å²) in [5.41, 5.74) is 3.11. The van der Waals surface area contributed by atoms with E-state index in [0.29, 0.717) is 31.9 Å². The van der Waals surface area contributed by atoms with Gasteiger partial charge in [-0.15, -0.1) is 0 Å². The number of amides is 2. The van der Waals surface area contributed by atoms with Gasteiger partial charge in [-0.2, -0.15) is 4.83 Å². The highest BCUT2D eigenvalue weighted by Crippen LogP contribution is 2.18. The number of anilines is 1. The van der Waals surface area contributed by atoms with Gasteiger partial charge in [0.2, 0.25) is 10.9 Å². The second kappa shape index (κ2) is 7.93. The molecule has 0 radical (unpaired) electrons. The molecule has 0 bridgehead atoms. The predicted octanol–water partition coefficient (Wildman–Crippen LogP) is -0.354. The molecule has 1 fully saturated rings. The number of halogens is 1. The molecule has 3 rings (SSSR count). The van der Waals surface area contributed by atoms with E-state index in [1.807, 2.05) is 4.72 Å². The monoisotopic (exact) mass is 401 g/mol. The molecule has 0 aliphatic carbocycles. The standard InChI is InChI=1S/C14H16FN5O4S2/c15-10-7-9(1-2-11(10)17-26(23)24)13(21)19-3-5-20(6-4-19)14(22)12-8-25-18-16-12/h1-2,7-8,16,18,26H,3-6H2,(H,17,23,24). The number of piperazine rings is 1. The summed E-state index contributed by atoms with van der Waals surface area (Å²) in [6, 6.07) is 3.56. The largest absolute Gasteiger partial charge is 0.335 e. The number of thiol groups is 1. The SMILES string of the molecule is O=C(C1=CSNN1)N1CCN(C(=O)c2ccc(N[SH](=O)=O)c(F)c2)CC1. The van der Waals surface area contributed by atoms with E-state index < -0.39 is 16.7 Å². The Morgan fingerprint density at radius 3 is 2.31 bits per heavy atom. The van der Waals surface area contributed by atoms with Gasteiger partial charge in [0.05, 0.1) is 5.69 Å². The normalized spacial score (nSPS) is 17.1. The fourth-order valence-corrected chi connectivity index (χ4v) is 3.49. The molecule has 9 nitrogen and oxygen atoms in total. The Bertz CT molecular complexity index is 829. The average molecular weight is 401 g/mol. The lowest BCUT2D eigenvalue weighted by molar-refractivity contribution is -0.129. The molecule has 0 unspecified atom stereocenters. The van der Waals surface area contributed by atoms with Gasteiger partial charge in [-0.25, -0.2) is 12.8 Å². The van der Waals surface area contributed by atoms with Crippen LogP contribution in [0.4, 0.5) is 10.1 Å². The Morgan fingerprint density at radius 1 is 1.12 bits per heavy atom. The fourth-order valence-electron chi connectivity index (χ4n) is 2.61. The minimum atomic E-state index is -2.98. The van der Waals surface area contributed by atoms with Crippen molar-refractivity contribution in [3.05, 3.63) is 40.7 Å². The Labute approximate surface area is 154 Å². The van der Waals surface area contributed by atoms with Crippen molar-refractivity contribution in [2.24, 2.45) is 0 Å². The summed E-state index contributed by atoms with van der Waals surface area (Å²) in [5, 5.41) is 1.67. The molecule has 26 heavy (non-hydrogen) atoms. The van der Waals surface area contributed by atoms with Crippen molar-refractivity contribution in [2.75, 3.05) is 30.9 Å². The smallest absolute Gasteiger partial charge is 0.272 e. The van der Waals surface area contributed by atoms with Crippen molar-refractivity contribution in [1.29, 1.82) is 0 Å². The van der Waals surface area contributed by atoms with E-state index in [0.717, 1.165) is 6.07 Å². The highest BCUT2D eigenvalue weighted by atomic mass is 32.2. The summed E-state index contributed by atoms with van der Waals surface area (Å²) in [4.78, 5) is 30.7. The number of hydrogen-bond donors (Lipinski definition) is 4. The maximum Gasteiger partial charge on any atom is 0.272 e. The molecule has 1 saturated heterocycles. The van der Waals surface area contributed by atoms with Crippen molar-refractivity contribution in [3.8, 4) is 0 Å². The Kier molecular flexibility index (Phi) is 5.64. The van der Waals surface area contributed by atoms with Crippen molar-refractivity contribution in [1.82, 2.24) is 20.1 Å². The van der Waals surface area contributed by atoms with Crippen molar-refractivity contribution < 1.29 is 22.4 Å². The quantitative estimate of drug-likeness (QED) is 0.403. The van der Waals surface area contributed by atoms with Gasteiger partial charge < -0.3 is 15.2 Å². The van der Waals surface area contributed by atoms with Gasteiger partial charge >= 0.3 is 0 Å². The topological polar surface area (TPSA) is 111 Å². The molecule has 140 valence electrons. The molecule has 0 aromatic heterocycles. The zero-order valence-electron chi connectivity index (χ0n) is 13.4. The van der Waals surface area contributed by atoms with Crippen LogP contribution in [0.15, 0.2) is 29.3 Å². The van der Waals surface area contributed by atoms with Crippen LogP contribution in [0.3, 0.4) is 0 Å². The average Bonchev–Trinajstić information content (AvgIpc) is 3.16. The summed E-state index contributed by atoms with van der Waals surface area (Å²) >= 11 is 1.27. The Hall–Kier alpha value is -2.31. The molecule has 0 atom stereocenters. The molecule has 1 aromatic carbocycles. The lowest BCUT2D eigenvalue weighted by atomic mass is 10.1. The summed E-state index contributed by atoms with van der Waals surface area (Å²) < 4.78 is 37.1. The van der Waals surface area contributed by atoms with E-state index in [9.17, 15) is 22.4 Å². The molecule has 2 heterocycles. The van der Waals surface area contributed by atoms with E-state index in [-0.39, 0.29) is 23.1 Å². The summed E-state index contributed by atoms with van der Waals surface area (Å²) in [6.45, 7) is 1.39. The first-order chi connectivity index (χ1) is 12.5. The Balaban J connectivity index is 1.61. The molecular formula is C14H16FN5O4S2. The third kappa shape index (κ3) is 4.08. The first-order valence-corrected chi connectivity index (χ1v) is 9.67. The summed E-state index contributed by atoms with van der Waals surface area (Å²) in [6.07, 6.45) is 0. The highest BCUT2D eigenvalue weighted by molar-refractivity contribution is 8.00. The second-order valence-electron chi connectivity index (χ2n) is 5.52. The van der Waals surface area contributed by atoms with Crippen molar-refractivity contribution in [2.45, 2.75) is 0 Å². The number of hydrazine groups is 1. The van der Waals surface area contributed by atoms with Crippen molar-refractivity contribution >= 4 is 40.3 Å². The van der Waals surface area contributed by atoms with E-state index in [1.165, 1.54) is 29.0 Å². The fraction of sp³-hybridized carbons (Fsp3) is 0.286. The number of nitrogens with zero attached hydrogens (tertiary/aromatic N) is 2. The molecule has 12 heteroatoms. The number of carbonyl (C=O) groups excluding carboxylic acids is 2. The van der Waals surface area contributed by atoms with E-state index in [1.54, 1.807) is 10.3 Å². The molecule has 0 saturated carbocycles. The number of benzene rings is 1. The molecule has 1 aromatic rings. The third-order valence-electron chi connectivity index (χ3n) is 3.93. The number of nitrogens with one attached hydrogen (secondary N) is 3. The molecule has 2 amide bonds. The van der Waals surface area contributed by atoms with E-state index in [2.05, 4.69) is 10.3 Å². The van der Waals surface area contributed by atoms with Crippen LogP contribution in [-0.4, -0.2) is 56.2 Å². The van der Waals surface area contributed by atoms with Crippen molar-refractivity contribution in [3.63, 3.8) is 0 Å². The maximum absolute atomic E-state index is 13.9. The van der Waals surface area contributed by atoms with Gasteiger partial charge in [0.1, 0.15) is 11.5 Å². The van der Waals surface area contributed by atoms with Crippen LogP contribution in [0, 0.1) is 5.82 Å². The van der Waals surface area contributed by atoms with Crippen LogP contribution in [0.2, 0.25) is 0 Å². The van der Waals surface area contributed by atoms with E-state index >= 15 is 0 Å². The summed E-state index contributed by atoms with van der Waals surface area (Å²) in [7, 11) is -2.98. The first kappa shape index (κ1) is 18.5. The molecule has 2 aliphatic heterocycles. The number of rotatable bonds is 4. The van der Waals surface area contributed by atoms with Gasteiger partial charge in [0, 0.05) is 37.2 Å². The lowest BCUT2D eigenvalue weighted by Crippen LogP contribution is -2.51. The number of hydrogen-bond acceptors (Lipinski definition) is 7. The minimum absolute atomic E-state index is 0.120. The van der Waals surface area contributed by atoms with Gasteiger partial charge in [-0.1, -0.05) is 0 Å². The zero-order chi connectivity index (χ0) is 18.7. The molecule has 3 N–H and O–H groups in total.